The lowest BCUT2D eigenvalue weighted by Gasteiger charge is -2.27. The Morgan fingerprint density at radius 1 is 1.16 bits per heavy atom. The molecule has 5 rings (SSSR count). The van der Waals surface area contributed by atoms with Gasteiger partial charge in [0.2, 0.25) is 5.88 Å². The van der Waals surface area contributed by atoms with Crippen molar-refractivity contribution in [2.45, 2.75) is 45.4 Å². The number of amides is 1. The minimum Gasteiger partial charge on any atom is -0.474 e. The van der Waals surface area contributed by atoms with E-state index in [1.54, 1.807) is 6.20 Å². The summed E-state index contributed by atoms with van der Waals surface area (Å²) in [5.74, 6) is 0.668. The zero-order valence-electron chi connectivity index (χ0n) is 18.7. The van der Waals surface area contributed by atoms with Gasteiger partial charge in [0.25, 0.3) is 5.91 Å². The number of ether oxygens (including phenoxy) is 3. The summed E-state index contributed by atoms with van der Waals surface area (Å²) in [6.07, 6.45) is 5.65. The molecule has 8 heteroatoms. The average Bonchev–Trinajstić information content (AvgIpc) is 3.45. The van der Waals surface area contributed by atoms with Crippen LogP contribution in [0.15, 0.2) is 29.5 Å². The minimum atomic E-state index is 0.0388. The minimum absolute atomic E-state index is 0.0388. The number of morpholine rings is 1. The molecule has 32 heavy (non-hydrogen) atoms. The van der Waals surface area contributed by atoms with E-state index < -0.39 is 0 Å². The first-order valence-electron chi connectivity index (χ1n) is 11.5. The molecule has 170 valence electrons. The highest BCUT2D eigenvalue weighted by atomic mass is 16.5. The summed E-state index contributed by atoms with van der Waals surface area (Å²) in [5, 5.41) is 0. The molecule has 2 saturated heterocycles. The van der Waals surface area contributed by atoms with Crippen LogP contribution >= 0.6 is 0 Å². The van der Waals surface area contributed by atoms with Crippen molar-refractivity contribution in [3.63, 3.8) is 0 Å². The van der Waals surface area contributed by atoms with Crippen molar-refractivity contribution >= 4 is 11.6 Å². The van der Waals surface area contributed by atoms with Crippen molar-refractivity contribution < 1.29 is 19.0 Å². The third kappa shape index (κ3) is 4.04. The number of rotatable bonds is 5. The molecule has 0 radical (unpaired) electrons. The number of carbonyl (C=O) groups excluding carboxylic acids is 1. The molecule has 0 spiro atoms. The van der Waals surface area contributed by atoms with Gasteiger partial charge in [-0.2, -0.15) is 0 Å². The van der Waals surface area contributed by atoms with Crippen molar-refractivity contribution in [3.8, 4) is 5.88 Å². The number of nitrogens with zero attached hydrogens (tertiary/aromatic N) is 4. The summed E-state index contributed by atoms with van der Waals surface area (Å²) < 4.78 is 19.2. The summed E-state index contributed by atoms with van der Waals surface area (Å²) >= 11 is 0. The predicted octanol–water partition coefficient (Wildman–Crippen LogP) is 2.85. The fourth-order valence-electron chi connectivity index (χ4n) is 4.52. The average molecular weight is 439 g/mol. The van der Waals surface area contributed by atoms with Crippen LogP contribution in [0.5, 0.6) is 5.88 Å². The molecule has 1 amide bonds. The lowest BCUT2D eigenvalue weighted by Crippen LogP contribution is -2.41. The fourth-order valence-corrected chi connectivity index (χ4v) is 4.52. The maximum absolute atomic E-state index is 13.3. The Kier molecular flexibility index (Phi) is 5.97. The lowest BCUT2D eigenvalue weighted by molar-refractivity contribution is 0.0236. The zero-order chi connectivity index (χ0) is 22.1. The molecule has 3 aliphatic heterocycles. The molecule has 0 aliphatic carbocycles. The van der Waals surface area contributed by atoms with Gasteiger partial charge in [0, 0.05) is 49.9 Å². The Morgan fingerprint density at radius 2 is 1.91 bits per heavy atom. The van der Waals surface area contributed by atoms with Crippen LogP contribution in [0, 0.1) is 0 Å². The van der Waals surface area contributed by atoms with E-state index >= 15 is 0 Å². The van der Waals surface area contributed by atoms with Gasteiger partial charge in [-0.1, -0.05) is 0 Å². The first kappa shape index (κ1) is 21.2. The van der Waals surface area contributed by atoms with Crippen LogP contribution in [0.4, 0.5) is 0 Å². The largest absolute Gasteiger partial charge is 0.474 e. The van der Waals surface area contributed by atoms with Crippen LogP contribution in [-0.4, -0.2) is 71.7 Å². The molecule has 0 unspecified atom stereocenters. The van der Waals surface area contributed by atoms with Gasteiger partial charge in [0.05, 0.1) is 44.2 Å². The molecular weight excluding hydrogens is 408 g/mol. The molecule has 2 aromatic rings. The molecule has 0 aromatic carbocycles. The highest BCUT2D eigenvalue weighted by molar-refractivity contribution is 6.17. The van der Waals surface area contributed by atoms with Crippen molar-refractivity contribution in [2.75, 3.05) is 39.5 Å². The summed E-state index contributed by atoms with van der Waals surface area (Å²) in [4.78, 5) is 24.5. The van der Waals surface area contributed by atoms with Crippen LogP contribution in [-0.2, 0) is 16.0 Å². The van der Waals surface area contributed by atoms with E-state index in [1.165, 1.54) is 0 Å². The highest BCUT2D eigenvalue weighted by Gasteiger charge is 2.29. The van der Waals surface area contributed by atoms with Gasteiger partial charge in [0.15, 0.2) is 0 Å². The zero-order valence-corrected chi connectivity index (χ0v) is 18.7. The van der Waals surface area contributed by atoms with Gasteiger partial charge in [-0.15, -0.1) is 0 Å². The SMILES string of the molecule is CC(C)n1cc(C2=NCc3ccnc(OC4CCOCC4)c32)cc1C(=O)N1CCOCC1. The van der Waals surface area contributed by atoms with Gasteiger partial charge in [-0.05, 0) is 31.5 Å². The maximum Gasteiger partial charge on any atom is 0.270 e. The highest BCUT2D eigenvalue weighted by Crippen LogP contribution is 2.32. The normalized spacial score (nSPS) is 19.2. The standard InChI is InChI=1S/C24H30N4O4/c1-16(2)28-15-18(13-20(28)24(29)27-7-11-31-12-8-27)22-21-17(14-26-22)3-6-25-23(21)32-19-4-9-30-10-5-19/h3,6,13,15-16,19H,4-5,7-12,14H2,1-2H3. The summed E-state index contributed by atoms with van der Waals surface area (Å²) in [6, 6.07) is 4.12. The number of carbonyl (C=O) groups is 1. The van der Waals surface area contributed by atoms with E-state index in [2.05, 4.69) is 18.8 Å². The first-order chi connectivity index (χ1) is 15.6. The Hall–Kier alpha value is -2.71. The second-order valence-corrected chi connectivity index (χ2v) is 8.76. The van der Waals surface area contributed by atoms with E-state index in [9.17, 15) is 4.79 Å². The molecule has 2 fully saturated rings. The Balaban J connectivity index is 1.47. The quantitative estimate of drug-likeness (QED) is 0.717. The van der Waals surface area contributed by atoms with Gasteiger partial charge in [-0.3, -0.25) is 9.79 Å². The second-order valence-electron chi connectivity index (χ2n) is 8.76. The third-order valence-electron chi connectivity index (χ3n) is 6.29. The van der Waals surface area contributed by atoms with Crippen LogP contribution in [0.25, 0.3) is 0 Å². The van der Waals surface area contributed by atoms with Crippen LogP contribution in [0.2, 0.25) is 0 Å². The van der Waals surface area contributed by atoms with Gasteiger partial charge >= 0.3 is 0 Å². The van der Waals surface area contributed by atoms with E-state index in [-0.39, 0.29) is 18.1 Å². The molecule has 0 N–H and O–H groups in total. The number of aromatic nitrogens is 2. The monoisotopic (exact) mass is 438 g/mol. The van der Waals surface area contributed by atoms with Crippen LogP contribution < -0.4 is 4.74 Å². The Bertz CT molecular complexity index is 1020. The Labute approximate surface area is 188 Å². The maximum atomic E-state index is 13.3. The van der Waals surface area contributed by atoms with Crippen LogP contribution in [0.3, 0.4) is 0 Å². The van der Waals surface area contributed by atoms with Crippen LogP contribution in [0.1, 0.15) is 59.9 Å². The number of aliphatic imine (C=N–C) groups is 1. The molecule has 5 heterocycles. The molecule has 0 bridgehead atoms. The van der Waals surface area contributed by atoms with E-state index in [0.717, 1.165) is 35.2 Å². The number of pyridine rings is 1. The van der Waals surface area contributed by atoms with Gasteiger partial charge < -0.3 is 23.7 Å². The summed E-state index contributed by atoms with van der Waals surface area (Å²) in [6.45, 7) is 8.60. The molecular formula is C24H30N4O4. The third-order valence-corrected chi connectivity index (χ3v) is 6.29. The Morgan fingerprint density at radius 3 is 2.66 bits per heavy atom. The lowest BCUT2D eigenvalue weighted by atomic mass is 10.0. The molecule has 3 aliphatic rings. The van der Waals surface area contributed by atoms with Gasteiger partial charge in [0.1, 0.15) is 11.8 Å². The van der Waals surface area contributed by atoms with Crippen molar-refractivity contribution in [1.82, 2.24) is 14.5 Å². The number of fused-ring (bicyclic) bond motifs is 1. The van der Waals surface area contributed by atoms with Crippen molar-refractivity contribution in [2.24, 2.45) is 4.99 Å². The first-order valence-corrected chi connectivity index (χ1v) is 11.5. The predicted molar refractivity (Wildman–Crippen MR) is 120 cm³/mol. The fraction of sp³-hybridized carbons (Fsp3) is 0.542. The van der Waals surface area contributed by atoms with Crippen molar-refractivity contribution in [3.05, 3.63) is 46.9 Å². The summed E-state index contributed by atoms with van der Waals surface area (Å²) in [7, 11) is 0. The molecule has 0 atom stereocenters. The smallest absolute Gasteiger partial charge is 0.270 e. The van der Waals surface area contributed by atoms with Gasteiger partial charge in [-0.25, -0.2) is 4.98 Å². The number of hydrogen-bond donors (Lipinski definition) is 0. The second kappa shape index (κ2) is 9.03. The molecule has 0 saturated carbocycles. The van der Waals surface area contributed by atoms with E-state index in [1.807, 2.05) is 27.8 Å². The molecule has 2 aromatic heterocycles. The van der Waals surface area contributed by atoms with E-state index in [4.69, 9.17) is 19.2 Å². The topological polar surface area (TPSA) is 78.2 Å². The van der Waals surface area contributed by atoms with E-state index in [0.29, 0.717) is 57.6 Å². The number of hydrogen-bond acceptors (Lipinski definition) is 6. The summed E-state index contributed by atoms with van der Waals surface area (Å²) in [5.41, 5.74) is 4.52. The molecule has 8 nitrogen and oxygen atoms in total. The van der Waals surface area contributed by atoms with Crippen molar-refractivity contribution in [1.29, 1.82) is 0 Å².